The summed E-state index contributed by atoms with van der Waals surface area (Å²) in [5.41, 5.74) is 1.98. The van der Waals surface area contributed by atoms with E-state index in [2.05, 4.69) is 9.71 Å². The van der Waals surface area contributed by atoms with E-state index in [1.54, 1.807) is 12.1 Å². The monoisotopic (exact) mass is 435 g/mol. The molecule has 0 bridgehead atoms. The van der Waals surface area contributed by atoms with Gasteiger partial charge in [0.05, 0.1) is 22.2 Å². The molecule has 3 aromatic rings. The number of benzene rings is 1. The van der Waals surface area contributed by atoms with Crippen LogP contribution >= 0.6 is 11.6 Å². The Morgan fingerprint density at radius 2 is 2.03 bits per heavy atom. The van der Waals surface area contributed by atoms with Crippen molar-refractivity contribution in [1.82, 2.24) is 14.3 Å². The Hall–Kier alpha value is -2.55. The SMILES string of the molecule is Cn1cccc1CCC(=O)c1ccc(CNS(=O)(=O)c2ccc(F)c(Cl)c2)nc1. The number of pyridine rings is 1. The summed E-state index contributed by atoms with van der Waals surface area (Å²) in [5, 5.41) is -0.274. The van der Waals surface area contributed by atoms with E-state index in [0.29, 0.717) is 24.1 Å². The minimum Gasteiger partial charge on any atom is -0.354 e. The summed E-state index contributed by atoms with van der Waals surface area (Å²) < 4.78 is 42.1. The van der Waals surface area contributed by atoms with Crippen LogP contribution in [0.2, 0.25) is 5.02 Å². The molecule has 0 saturated carbocycles. The van der Waals surface area contributed by atoms with Crippen LogP contribution in [0, 0.1) is 5.82 Å². The van der Waals surface area contributed by atoms with Crippen molar-refractivity contribution in [3.8, 4) is 0 Å². The largest absolute Gasteiger partial charge is 0.354 e. The molecule has 0 fully saturated rings. The van der Waals surface area contributed by atoms with Gasteiger partial charge in [-0.05, 0) is 48.9 Å². The van der Waals surface area contributed by atoms with E-state index in [9.17, 15) is 17.6 Å². The number of rotatable bonds is 8. The molecule has 1 N–H and O–H groups in total. The number of nitrogens with one attached hydrogen (secondary N) is 1. The third-order valence-corrected chi connectivity index (χ3v) is 6.14. The van der Waals surface area contributed by atoms with Crippen LogP contribution in [0.3, 0.4) is 0 Å². The van der Waals surface area contributed by atoms with Crippen LogP contribution in [0.4, 0.5) is 4.39 Å². The molecule has 0 aliphatic carbocycles. The third kappa shape index (κ3) is 5.29. The minimum absolute atomic E-state index is 0.0354. The predicted molar refractivity (Wildman–Crippen MR) is 108 cm³/mol. The van der Waals surface area contributed by atoms with Gasteiger partial charge in [-0.1, -0.05) is 11.6 Å². The predicted octanol–water partition coefficient (Wildman–Crippen LogP) is 3.51. The maximum absolute atomic E-state index is 13.2. The molecule has 3 rings (SSSR count). The maximum atomic E-state index is 13.2. The van der Waals surface area contributed by atoms with Crippen molar-refractivity contribution in [1.29, 1.82) is 0 Å². The van der Waals surface area contributed by atoms with Crippen molar-refractivity contribution in [3.63, 3.8) is 0 Å². The highest BCUT2D eigenvalue weighted by atomic mass is 35.5. The Labute approximate surface area is 173 Å². The van der Waals surface area contributed by atoms with Gasteiger partial charge < -0.3 is 4.57 Å². The van der Waals surface area contributed by atoms with Crippen molar-refractivity contribution in [2.75, 3.05) is 0 Å². The fourth-order valence-electron chi connectivity index (χ4n) is 2.73. The first-order valence-electron chi connectivity index (χ1n) is 8.79. The zero-order valence-electron chi connectivity index (χ0n) is 15.6. The van der Waals surface area contributed by atoms with E-state index in [0.717, 1.165) is 23.9 Å². The van der Waals surface area contributed by atoms with E-state index in [-0.39, 0.29) is 22.2 Å². The van der Waals surface area contributed by atoms with E-state index < -0.39 is 15.8 Å². The van der Waals surface area contributed by atoms with Crippen molar-refractivity contribution in [2.24, 2.45) is 7.05 Å². The first-order valence-corrected chi connectivity index (χ1v) is 10.7. The molecule has 0 aliphatic heterocycles. The van der Waals surface area contributed by atoms with Crippen LogP contribution in [-0.4, -0.2) is 23.8 Å². The second kappa shape index (κ2) is 8.86. The molecule has 152 valence electrons. The quantitative estimate of drug-likeness (QED) is 0.549. The van der Waals surface area contributed by atoms with Crippen molar-refractivity contribution < 1.29 is 17.6 Å². The highest BCUT2D eigenvalue weighted by Crippen LogP contribution is 2.19. The topological polar surface area (TPSA) is 81.1 Å². The van der Waals surface area contributed by atoms with Crippen molar-refractivity contribution in [3.05, 3.63) is 82.6 Å². The number of ketones is 1. The molecule has 0 aliphatic rings. The number of carbonyl (C=O) groups is 1. The summed E-state index contributed by atoms with van der Waals surface area (Å²) in [5.74, 6) is -0.730. The lowest BCUT2D eigenvalue weighted by molar-refractivity contribution is 0.0982. The lowest BCUT2D eigenvalue weighted by atomic mass is 10.1. The summed E-state index contributed by atoms with van der Waals surface area (Å²) in [6, 6.07) is 10.3. The molecule has 29 heavy (non-hydrogen) atoms. The zero-order chi connectivity index (χ0) is 21.0. The molecular weight excluding hydrogens is 417 g/mol. The van der Waals surface area contributed by atoms with Crippen LogP contribution in [-0.2, 0) is 30.0 Å². The summed E-state index contributed by atoms with van der Waals surface area (Å²) >= 11 is 5.64. The van der Waals surface area contributed by atoms with Crippen LogP contribution in [0.15, 0.2) is 59.8 Å². The molecule has 6 nitrogen and oxygen atoms in total. The number of hydrogen-bond donors (Lipinski definition) is 1. The molecule has 0 atom stereocenters. The molecule has 0 amide bonds. The van der Waals surface area contributed by atoms with E-state index in [4.69, 9.17) is 11.6 Å². The molecular formula is C20H19ClFN3O3S. The number of hydrogen-bond acceptors (Lipinski definition) is 4. The summed E-state index contributed by atoms with van der Waals surface area (Å²) in [4.78, 5) is 16.3. The standard InChI is InChI=1S/C20H19ClFN3O3S/c1-25-10-2-3-16(25)6-9-20(26)14-4-5-15(23-12-14)13-24-29(27,28)17-7-8-19(22)18(21)11-17/h2-5,7-8,10-12,24H,6,9,13H2,1H3. The van der Waals surface area contributed by atoms with E-state index >= 15 is 0 Å². The van der Waals surface area contributed by atoms with Crippen LogP contribution in [0.1, 0.15) is 28.2 Å². The van der Waals surface area contributed by atoms with Gasteiger partial charge >= 0.3 is 0 Å². The van der Waals surface area contributed by atoms with E-state index in [1.165, 1.54) is 6.20 Å². The van der Waals surface area contributed by atoms with Gasteiger partial charge in [-0.15, -0.1) is 0 Å². The minimum atomic E-state index is -3.87. The number of aryl methyl sites for hydroxylation is 2. The number of halogens is 2. The van der Waals surface area contributed by atoms with E-state index in [1.807, 2.05) is 29.9 Å². The average molecular weight is 436 g/mol. The Kier molecular flexibility index (Phi) is 6.46. The van der Waals surface area contributed by atoms with Gasteiger partial charge in [0.2, 0.25) is 10.0 Å². The van der Waals surface area contributed by atoms with Crippen LogP contribution in [0.5, 0.6) is 0 Å². The highest BCUT2D eigenvalue weighted by molar-refractivity contribution is 7.89. The maximum Gasteiger partial charge on any atom is 0.240 e. The number of sulfonamides is 1. The third-order valence-electron chi connectivity index (χ3n) is 4.45. The summed E-state index contributed by atoms with van der Waals surface area (Å²) in [7, 11) is -1.94. The fourth-order valence-corrected chi connectivity index (χ4v) is 4.00. The van der Waals surface area contributed by atoms with Gasteiger partial charge in [0.1, 0.15) is 5.82 Å². The molecule has 1 aromatic carbocycles. The van der Waals surface area contributed by atoms with Crippen LogP contribution in [0.25, 0.3) is 0 Å². The van der Waals surface area contributed by atoms with Gasteiger partial charge in [0.25, 0.3) is 0 Å². The lowest BCUT2D eigenvalue weighted by Crippen LogP contribution is -2.23. The zero-order valence-corrected chi connectivity index (χ0v) is 17.2. The number of carbonyl (C=O) groups excluding carboxylic acids is 1. The second-order valence-corrected chi connectivity index (χ2v) is 8.65. The molecule has 0 radical (unpaired) electrons. The van der Waals surface area contributed by atoms with Crippen LogP contribution < -0.4 is 4.72 Å². The smallest absolute Gasteiger partial charge is 0.240 e. The molecule has 9 heteroatoms. The Morgan fingerprint density at radius 3 is 2.66 bits per heavy atom. The number of Topliss-reactive ketones (excluding diaryl/α,β-unsaturated/α-hetero) is 1. The highest BCUT2D eigenvalue weighted by Gasteiger charge is 2.16. The molecule has 2 heterocycles. The van der Waals surface area contributed by atoms with Gasteiger partial charge in [-0.25, -0.2) is 17.5 Å². The molecule has 2 aromatic heterocycles. The molecule has 0 unspecified atom stereocenters. The first kappa shape index (κ1) is 21.2. The lowest BCUT2D eigenvalue weighted by Gasteiger charge is -2.08. The van der Waals surface area contributed by atoms with Crippen molar-refractivity contribution in [2.45, 2.75) is 24.3 Å². The van der Waals surface area contributed by atoms with Gasteiger partial charge in [-0.3, -0.25) is 9.78 Å². The Morgan fingerprint density at radius 1 is 1.24 bits per heavy atom. The summed E-state index contributed by atoms with van der Waals surface area (Å²) in [6.07, 6.45) is 4.35. The van der Waals surface area contributed by atoms with Gasteiger partial charge in [0, 0.05) is 37.1 Å². The van der Waals surface area contributed by atoms with Gasteiger partial charge in [0.15, 0.2) is 5.78 Å². The van der Waals surface area contributed by atoms with Crippen molar-refractivity contribution >= 4 is 27.4 Å². The first-order chi connectivity index (χ1) is 13.8. The molecule has 0 spiro atoms. The number of aromatic nitrogens is 2. The average Bonchev–Trinajstić information content (AvgIpc) is 3.12. The molecule has 0 saturated heterocycles. The Balaban J connectivity index is 1.59. The Bertz CT molecular complexity index is 1130. The summed E-state index contributed by atoms with van der Waals surface area (Å²) in [6.45, 7) is -0.0743. The second-order valence-electron chi connectivity index (χ2n) is 6.47. The number of nitrogens with zero attached hydrogens (tertiary/aromatic N) is 2. The fraction of sp³-hybridized carbons (Fsp3) is 0.200. The van der Waals surface area contributed by atoms with Gasteiger partial charge in [-0.2, -0.15) is 0 Å². The normalized spacial score (nSPS) is 11.6.